The van der Waals surface area contributed by atoms with Crippen LogP contribution in [-0.4, -0.2) is 89.5 Å². The SMILES string of the molecule is CC(C)(C)OC(=O)CCOCCOCCOCCOCCNC(=O)C(N)CCCCN. The lowest BCUT2D eigenvalue weighted by atomic mass is 10.1. The Balaban J connectivity index is 3.30. The Hall–Kier alpha value is -1.30. The van der Waals surface area contributed by atoms with Gasteiger partial charge in [0.1, 0.15) is 5.60 Å². The Labute approximate surface area is 186 Å². The van der Waals surface area contributed by atoms with Crippen molar-refractivity contribution in [2.75, 3.05) is 65.9 Å². The van der Waals surface area contributed by atoms with Gasteiger partial charge in [-0.15, -0.1) is 0 Å². The first-order valence-corrected chi connectivity index (χ1v) is 11.0. The highest BCUT2D eigenvalue weighted by Crippen LogP contribution is 2.08. The number of amides is 1. The second kappa shape index (κ2) is 19.4. The zero-order valence-corrected chi connectivity index (χ0v) is 19.5. The van der Waals surface area contributed by atoms with Gasteiger partial charge in [0.05, 0.1) is 65.3 Å². The van der Waals surface area contributed by atoms with Gasteiger partial charge in [0, 0.05) is 6.54 Å². The maximum atomic E-state index is 11.7. The minimum atomic E-state index is -0.495. The molecule has 0 aliphatic rings. The van der Waals surface area contributed by atoms with Crippen LogP contribution in [-0.2, 0) is 33.3 Å². The molecular weight excluding hydrogens is 406 g/mol. The molecule has 0 aromatic heterocycles. The van der Waals surface area contributed by atoms with E-state index < -0.39 is 11.6 Å². The first-order chi connectivity index (χ1) is 14.8. The lowest BCUT2D eigenvalue weighted by Gasteiger charge is -2.19. The van der Waals surface area contributed by atoms with Crippen LogP contribution in [0.3, 0.4) is 0 Å². The number of carbonyl (C=O) groups excluding carboxylic acids is 2. The number of esters is 1. The summed E-state index contributed by atoms with van der Waals surface area (Å²) in [6.07, 6.45) is 2.59. The van der Waals surface area contributed by atoms with Crippen LogP contribution in [0.5, 0.6) is 0 Å². The molecule has 0 heterocycles. The van der Waals surface area contributed by atoms with Crippen molar-refractivity contribution >= 4 is 11.9 Å². The van der Waals surface area contributed by atoms with E-state index in [-0.39, 0.29) is 18.3 Å². The van der Waals surface area contributed by atoms with Crippen molar-refractivity contribution in [1.82, 2.24) is 5.32 Å². The van der Waals surface area contributed by atoms with E-state index in [1.165, 1.54) is 0 Å². The van der Waals surface area contributed by atoms with Crippen LogP contribution < -0.4 is 16.8 Å². The van der Waals surface area contributed by atoms with E-state index in [4.69, 9.17) is 35.2 Å². The van der Waals surface area contributed by atoms with E-state index in [0.29, 0.717) is 72.4 Å². The average molecular weight is 450 g/mol. The zero-order chi connectivity index (χ0) is 23.4. The summed E-state index contributed by atoms with van der Waals surface area (Å²) in [7, 11) is 0. The summed E-state index contributed by atoms with van der Waals surface area (Å²) >= 11 is 0. The third-order valence-corrected chi connectivity index (χ3v) is 3.84. The van der Waals surface area contributed by atoms with Crippen LogP contribution in [0.15, 0.2) is 0 Å². The molecule has 184 valence electrons. The highest BCUT2D eigenvalue weighted by molar-refractivity contribution is 5.81. The summed E-state index contributed by atoms with van der Waals surface area (Å²) in [6.45, 7) is 9.87. The highest BCUT2D eigenvalue weighted by Gasteiger charge is 2.15. The van der Waals surface area contributed by atoms with Crippen LogP contribution in [0.4, 0.5) is 0 Å². The summed E-state index contributed by atoms with van der Waals surface area (Å²) in [5.74, 6) is -0.434. The Morgan fingerprint density at radius 1 is 0.839 bits per heavy atom. The lowest BCUT2D eigenvalue weighted by Crippen LogP contribution is -2.41. The van der Waals surface area contributed by atoms with E-state index in [1.54, 1.807) is 0 Å². The zero-order valence-electron chi connectivity index (χ0n) is 19.5. The van der Waals surface area contributed by atoms with Gasteiger partial charge < -0.3 is 40.5 Å². The van der Waals surface area contributed by atoms with E-state index in [1.807, 2.05) is 20.8 Å². The van der Waals surface area contributed by atoms with E-state index in [9.17, 15) is 9.59 Å². The van der Waals surface area contributed by atoms with Crippen LogP contribution in [0, 0.1) is 0 Å². The minimum absolute atomic E-state index is 0.164. The topological polar surface area (TPSA) is 144 Å². The third kappa shape index (κ3) is 21.7. The molecule has 0 aromatic carbocycles. The minimum Gasteiger partial charge on any atom is -0.460 e. The van der Waals surface area contributed by atoms with Gasteiger partial charge >= 0.3 is 5.97 Å². The Kier molecular flexibility index (Phi) is 18.6. The third-order valence-electron chi connectivity index (χ3n) is 3.84. The molecule has 31 heavy (non-hydrogen) atoms. The number of ether oxygens (including phenoxy) is 5. The molecule has 0 radical (unpaired) electrons. The molecule has 0 fully saturated rings. The fourth-order valence-corrected chi connectivity index (χ4v) is 2.33. The lowest BCUT2D eigenvalue weighted by molar-refractivity contribution is -0.156. The quantitative estimate of drug-likeness (QED) is 0.177. The molecule has 0 saturated carbocycles. The normalized spacial score (nSPS) is 12.5. The molecule has 1 unspecified atom stereocenters. The van der Waals surface area contributed by atoms with Crippen molar-refractivity contribution in [1.29, 1.82) is 0 Å². The molecule has 10 heteroatoms. The summed E-state index contributed by atoms with van der Waals surface area (Å²) in [5, 5.41) is 2.75. The molecule has 0 rings (SSSR count). The van der Waals surface area contributed by atoms with Gasteiger partial charge in [0.15, 0.2) is 0 Å². The number of rotatable bonds is 20. The monoisotopic (exact) mass is 449 g/mol. The van der Waals surface area contributed by atoms with Crippen LogP contribution in [0.25, 0.3) is 0 Å². The predicted molar refractivity (Wildman–Crippen MR) is 118 cm³/mol. The van der Waals surface area contributed by atoms with Gasteiger partial charge in [0.25, 0.3) is 0 Å². The predicted octanol–water partition coefficient (Wildman–Crippen LogP) is 0.357. The molecule has 0 spiro atoms. The number of nitrogens with one attached hydrogen (secondary N) is 1. The number of hydrogen-bond acceptors (Lipinski definition) is 9. The molecule has 1 atom stereocenters. The number of unbranched alkanes of at least 4 members (excludes halogenated alkanes) is 1. The second-order valence-electron chi connectivity index (χ2n) is 7.97. The first-order valence-electron chi connectivity index (χ1n) is 11.0. The van der Waals surface area contributed by atoms with Crippen molar-refractivity contribution in [2.24, 2.45) is 11.5 Å². The van der Waals surface area contributed by atoms with Crippen molar-refractivity contribution < 1.29 is 33.3 Å². The standard InChI is InChI=1S/C21H43N3O7/c1-21(2,3)31-19(25)7-10-27-12-14-29-16-17-30-15-13-28-11-9-24-20(26)18(23)6-4-5-8-22/h18H,4-17,22-23H2,1-3H3,(H,24,26). The largest absolute Gasteiger partial charge is 0.460 e. The van der Waals surface area contributed by atoms with Crippen molar-refractivity contribution in [3.8, 4) is 0 Å². The average Bonchev–Trinajstić information content (AvgIpc) is 2.69. The van der Waals surface area contributed by atoms with Gasteiger partial charge in [0.2, 0.25) is 5.91 Å². The fraction of sp³-hybridized carbons (Fsp3) is 0.905. The molecule has 0 aromatic rings. The highest BCUT2D eigenvalue weighted by atomic mass is 16.6. The molecular formula is C21H43N3O7. The molecule has 0 aliphatic carbocycles. The maximum Gasteiger partial charge on any atom is 0.308 e. The van der Waals surface area contributed by atoms with Gasteiger partial charge in [-0.25, -0.2) is 0 Å². The summed E-state index contributed by atoms with van der Waals surface area (Å²) < 4.78 is 26.7. The second-order valence-corrected chi connectivity index (χ2v) is 7.97. The van der Waals surface area contributed by atoms with Crippen molar-refractivity contribution in [3.63, 3.8) is 0 Å². The Bertz CT molecular complexity index is 459. The molecule has 10 nitrogen and oxygen atoms in total. The molecule has 1 amide bonds. The number of nitrogens with two attached hydrogens (primary N) is 2. The van der Waals surface area contributed by atoms with Crippen molar-refractivity contribution in [2.45, 2.75) is 58.1 Å². The number of hydrogen-bond donors (Lipinski definition) is 3. The maximum absolute atomic E-state index is 11.7. The molecule has 0 bridgehead atoms. The van der Waals surface area contributed by atoms with Gasteiger partial charge in [-0.3, -0.25) is 9.59 Å². The summed E-state index contributed by atoms with van der Waals surface area (Å²) in [4.78, 5) is 23.2. The van der Waals surface area contributed by atoms with E-state index in [2.05, 4.69) is 5.32 Å². The van der Waals surface area contributed by atoms with Gasteiger partial charge in [-0.1, -0.05) is 6.42 Å². The number of carbonyl (C=O) groups is 2. The Morgan fingerprint density at radius 3 is 1.87 bits per heavy atom. The Morgan fingerprint density at radius 2 is 1.35 bits per heavy atom. The summed E-state index contributed by atoms with van der Waals surface area (Å²) in [5.41, 5.74) is 10.7. The van der Waals surface area contributed by atoms with Crippen LogP contribution >= 0.6 is 0 Å². The van der Waals surface area contributed by atoms with E-state index >= 15 is 0 Å². The van der Waals surface area contributed by atoms with Crippen molar-refractivity contribution in [3.05, 3.63) is 0 Å². The van der Waals surface area contributed by atoms with E-state index in [0.717, 1.165) is 12.8 Å². The van der Waals surface area contributed by atoms with Crippen LogP contribution in [0.2, 0.25) is 0 Å². The molecule has 0 saturated heterocycles. The molecule has 0 aliphatic heterocycles. The fourth-order valence-electron chi connectivity index (χ4n) is 2.33. The van der Waals surface area contributed by atoms with Gasteiger partial charge in [-0.05, 0) is 40.2 Å². The summed E-state index contributed by atoms with van der Waals surface area (Å²) in [6, 6.07) is -0.495. The van der Waals surface area contributed by atoms with Gasteiger partial charge in [-0.2, -0.15) is 0 Å². The smallest absolute Gasteiger partial charge is 0.308 e. The molecule has 5 N–H and O–H groups in total. The van der Waals surface area contributed by atoms with Crippen LogP contribution in [0.1, 0.15) is 46.5 Å². The first kappa shape index (κ1) is 29.7.